The second kappa shape index (κ2) is 46.6. The summed E-state index contributed by atoms with van der Waals surface area (Å²) in [7, 11) is 16.3. The molecule has 0 spiro atoms. The maximum absolute atomic E-state index is 13.1. The Morgan fingerprint density at radius 1 is 0.355 bits per heavy atom. The van der Waals surface area contributed by atoms with Crippen LogP contribution in [0.15, 0.2) is 34.9 Å². The second-order valence-corrected chi connectivity index (χ2v) is 50.2. The molecular formula is C108H195N6O9P. The van der Waals surface area contributed by atoms with E-state index >= 15 is 0 Å². The summed E-state index contributed by atoms with van der Waals surface area (Å²) >= 11 is 0. The fourth-order valence-electron chi connectivity index (χ4n) is 29.6. The summed E-state index contributed by atoms with van der Waals surface area (Å²) in [5.74, 6) is 17.0. The van der Waals surface area contributed by atoms with Crippen LogP contribution in [0, 0.1) is 157 Å². The van der Waals surface area contributed by atoms with Crippen molar-refractivity contribution >= 4 is 26.3 Å². The number of amides is 3. The number of quaternary nitrogens is 3. The minimum Gasteiger partial charge on any atom is -0.854 e. The van der Waals surface area contributed by atoms with Gasteiger partial charge in [-0.05, 0) is 312 Å². The Balaban J connectivity index is 0.000000206. The zero-order valence-electron chi connectivity index (χ0n) is 84.8. The van der Waals surface area contributed by atoms with Crippen molar-refractivity contribution in [1.29, 1.82) is 0 Å². The third-order valence-electron chi connectivity index (χ3n) is 37.0. The van der Waals surface area contributed by atoms with Gasteiger partial charge in [-0.25, -0.2) is 0 Å². The molecule has 0 aromatic rings. The highest BCUT2D eigenvalue weighted by Crippen LogP contribution is 2.72. The summed E-state index contributed by atoms with van der Waals surface area (Å²) in [6.45, 7) is 47.6. The zero-order chi connectivity index (χ0) is 91.0. The van der Waals surface area contributed by atoms with E-state index in [4.69, 9.17) is 28.9 Å². The van der Waals surface area contributed by atoms with Crippen molar-refractivity contribution in [2.75, 3.05) is 142 Å². The van der Waals surface area contributed by atoms with Crippen LogP contribution < -0.4 is 30.6 Å². The number of nitrogens with one attached hydrogen (secondary N) is 3. The average molecular weight is 1750 g/mol. The number of likely N-dealkylation sites (N-methyl/N-ethyl adjacent to an activating group) is 3. The molecule has 16 heteroatoms. The van der Waals surface area contributed by atoms with E-state index < -0.39 is 8.60 Å². The fraction of sp³-hybridized carbons (Fsp3) is 0.917. The van der Waals surface area contributed by atoms with Crippen molar-refractivity contribution in [3.05, 3.63) is 34.9 Å². The molecule has 3 N–H and O–H groups in total. The van der Waals surface area contributed by atoms with Gasteiger partial charge in [0.2, 0.25) is 17.7 Å². The van der Waals surface area contributed by atoms with Crippen molar-refractivity contribution in [3.63, 3.8) is 0 Å². The number of allylic oxidation sites excluding steroid dienone is 6. The summed E-state index contributed by atoms with van der Waals surface area (Å²) in [6.07, 6.45) is 54.1. The smallest absolute Gasteiger partial charge is 0.223 e. The number of rotatable bonds is 39. The molecule has 0 heterocycles. The van der Waals surface area contributed by atoms with Crippen LogP contribution in [0.1, 0.15) is 335 Å². The molecule has 9 saturated carbocycles. The van der Waals surface area contributed by atoms with Gasteiger partial charge in [-0.2, -0.15) is 0 Å². The van der Waals surface area contributed by atoms with Gasteiger partial charge in [0.1, 0.15) is 19.6 Å². The molecule has 0 aromatic heterocycles. The Kier molecular flexibility index (Phi) is 39.6. The molecule has 12 unspecified atom stereocenters. The van der Waals surface area contributed by atoms with Gasteiger partial charge < -0.3 is 66.9 Å². The molecular weight excluding hydrogens is 1560 g/mol. The van der Waals surface area contributed by atoms with Crippen LogP contribution in [0.3, 0.4) is 0 Å². The molecule has 0 aliphatic heterocycles. The van der Waals surface area contributed by atoms with E-state index in [0.717, 1.165) is 257 Å². The molecule has 0 radical (unpaired) electrons. The number of fused-ring (bicyclic) bond motifs is 15. The van der Waals surface area contributed by atoms with Gasteiger partial charge in [-0.3, -0.25) is 14.4 Å². The second-order valence-electron chi connectivity index (χ2n) is 49.7. The summed E-state index contributed by atoms with van der Waals surface area (Å²) in [5, 5.41) is 9.73. The molecule has 12 aliphatic carbocycles. The van der Waals surface area contributed by atoms with Gasteiger partial charge in [0.25, 0.3) is 0 Å². The zero-order valence-corrected chi connectivity index (χ0v) is 85.7. The van der Waals surface area contributed by atoms with Crippen molar-refractivity contribution in [1.82, 2.24) is 16.0 Å². The quantitative estimate of drug-likeness (QED) is 0.0233. The topological polar surface area (TPSA) is 184 Å². The van der Waals surface area contributed by atoms with Crippen LogP contribution >= 0.6 is 8.60 Å². The van der Waals surface area contributed by atoms with Gasteiger partial charge in [0, 0.05) is 57.2 Å². The highest BCUT2D eigenvalue weighted by Gasteiger charge is 2.63. The standard InChI is InChI=1S/3C36H64N2O2.O3P/c3*1-26(2)11-9-12-27(3)31-15-16-32-30-14-13-29-25-28(17-19-35(29,4)33(30)18-20-36(31,32)5)34(39)37-21-10-23-40-24-22-38(6,7)8;1-4(2)3/h3*13,26-28,30-33H,9-12,14-25H2,1-8H3;/q;;;-3/p+3/t3*27-,28?,30?,31-,32?,33?,35+,36-;/m111./s1. The highest BCUT2D eigenvalue weighted by atomic mass is 31.2. The minimum absolute atomic E-state index is 0.159. The summed E-state index contributed by atoms with van der Waals surface area (Å²) in [4.78, 5) is 64.8. The van der Waals surface area contributed by atoms with Crippen LogP contribution in [-0.2, 0) is 28.6 Å². The van der Waals surface area contributed by atoms with Gasteiger partial charge in [0.15, 0.2) is 0 Å². The average Bonchev–Trinajstić information content (AvgIpc) is 1.52. The van der Waals surface area contributed by atoms with Crippen LogP contribution in [0.25, 0.3) is 0 Å². The molecule has 0 saturated heterocycles. The number of nitrogens with zero attached hydrogens (tertiary/aromatic N) is 3. The van der Waals surface area contributed by atoms with Crippen LogP contribution in [0.4, 0.5) is 0 Å². The van der Waals surface area contributed by atoms with E-state index in [2.05, 4.69) is 201 Å². The van der Waals surface area contributed by atoms with E-state index in [1.54, 1.807) is 16.7 Å². The lowest BCUT2D eigenvalue weighted by Crippen LogP contribution is -2.51. The van der Waals surface area contributed by atoms with Gasteiger partial charge in [0.05, 0.1) is 83.2 Å². The van der Waals surface area contributed by atoms with Gasteiger partial charge in [-0.1, -0.05) is 197 Å². The Hall–Kier alpha value is -2.30. The predicted octanol–water partition coefficient (Wildman–Crippen LogP) is 20.9. The Morgan fingerprint density at radius 3 is 0.839 bits per heavy atom. The maximum Gasteiger partial charge on any atom is 0.223 e. The molecule has 9 fully saturated rings. The van der Waals surface area contributed by atoms with Crippen LogP contribution in [-0.4, -0.2) is 174 Å². The van der Waals surface area contributed by atoms with Crippen LogP contribution in [0.5, 0.6) is 0 Å². The van der Waals surface area contributed by atoms with E-state index in [0.29, 0.717) is 32.5 Å². The molecule has 12 aliphatic rings. The largest absolute Gasteiger partial charge is 0.854 e. The summed E-state index contributed by atoms with van der Waals surface area (Å²) < 4.78 is 20.1. The molecule has 15 nitrogen and oxygen atoms in total. The van der Waals surface area contributed by atoms with Crippen molar-refractivity contribution in [2.24, 2.45) is 157 Å². The number of carbonyl (C=O) groups is 3. The molecule has 12 rings (SSSR count). The Bertz CT molecular complexity index is 3030. The van der Waals surface area contributed by atoms with Crippen molar-refractivity contribution in [2.45, 2.75) is 335 Å². The molecule has 0 bridgehead atoms. The third kappa shape index (κ3) is 27.7. The predicted molar refractivity (Wildman–Crippen MR) is 511 cm³/mol. The van der Waals surface area contributed by atoms with E-state index in [-0.39, 0.29) is 35.5 Å². The van der Waals surface area contributed by atoms with E-state index in [9.17, 15) is 14.4 Å². The van der Waals surface area contributed by atoms with Crippen molar-refractivity contribution < 1.29 is 56.7 Å². The number of carbonyl (C=O) groups excluding carboxylic acids is 3. The lowest BCUT2D eigenvalue weighted by Gasteiger charge is -2.58. The first-order chi connectivity index (χ1) is 58.3. The lowest BCUT2D eigenvalue weighted by atomic mass is 9.46. The van der Waals surface area contributed by atoms with E-state index in [1.165, 1.54) is 173 Å². The maximum atomic E-state index is 13.1. The molecule has 716 valence electrons. The lowest BCUT2D eigenvalue weighted by molar-refractivity contribution is -0.870. The molecule has 3 amide bonds. The summed E-state index contributed by atoms with van der Waals surface area (Å²) in [5.41, 5.74) is 7.49. The SMILES string of the molecule is CC(C)CCC[C@@H](C)[C@H]1CCC2C3CC=C4CC(C(=O)NCCCOCC[N+](C)(C)C)CC[C@]4(C)C3CC[C@@]21C.CC(C)CCC[C@@H](C)[C@H]1CCC2C3CC=C4CC(C(=O)NCCCOCC[N+](C)(C)C)CC[C@]4(C)C3CC[C@@]21C.CC(C)CCC[C@@H](C)[C@H]1CCC2C3CC=C4CC(C(=O)NCCCOCC[N+](C)(C)C)CC[C@]4(C)C3CC[C@@]21C.[O-]P([O-])[O-]. The van der Waals surface area contributed by atoms with E-state index in [1.807, 2.05) is 0 Å². The first kappa shape index (κ1) is 105. The number of hydrogen-bond donors (Lipinski definition) is 3. The number of hydrogen-bond acceptors (Lipinski definition) is 9. The molecule has 0 aromatic carbocycles. The summed E-state index contributed by atoms with van der Waals surface area (Å²) in [6, 6.07) is 0. The van der Waals surface area contributed by atoms with Crippen LogP contribution in [0.2, 0.25) is 0 Å². The first-order valence-corrected chi connectivity index (χ1v) is 53.3. The normalized spacial score (nSPS) is 35.5. The molecule has 24 atom stereocenters. The Labute approximate surface area is 763 Å². The van der Waals surface area contributed by atoms with Crippen molar-refractivity contribution in [3.8, 4) is 0 Å². The molecule has 124 heavy (non-hydrogen) atoms. The highest BCUT2D eigenvalue weighted by molar-refractivity contribution is 7.33. The first-order valence-electron chi connectivity index (χ1n) is 52.2. The van der Waals surface area contributed by atoms with Gasteiger partial charge >= 0.3 is 0 Å². The third-order valence-corrected chi connectivity index (χ3v) is 37.0. The minimum atomic E-state index is -3.37. The number of ether oxygens (including phenoxy) is 3. The van der Waals surface area contributed by atoms with Gasteiger partial charge in [-0.15, -0.1) is 0 Å². The Morgan fingerprint density at radius 2 is 0.605 bits per heavy atom. The fourth-order valence-corrected chi connectivity index (χ4v) is 29.6. The monoisotopic (exact) mass is 1750 g/mol.